The Hall–Kier alpha value is -4.48. The standard InChI is InChI=1S/C32H24F4N2O3S2/c33-31(34)42-27-15-1-21(2-16-27)5-19-29(39)37-23-7-11-25(12-8-23)41-26-13-9-24(10-14-26)38-30(40)20-6-22-3-17-28(18-4-22)43-32(35)36/h1-20,31-32H,(H,37,39)(H,38,40). The van der Waals surface area contributed by atoms with Crippen molar-refractivity contribution in [3.8, 4) is 11.5 Å². The molecule has 0 fully saturated rings. The van der Waals surface area contributed by atoms with Crippen LogP contribution in [0.15, 0.2) is 119 Å². The molecular weight excluding hydrogens is 600 g/mol. The van der Waals surface area contributed by atoms with E-state index in [0.717, 1.165) is 0 Å². The summed E-state index contributed by atoms with van der Waals surface area (Å²) in [5.41, 5.74) is 2.52. The van der Waals surface area contributed by atoms with Crippen molar-refractivity contribution in [3.63, 3.8) is 0 Å². The van der Waals surface area contributed by atoms with Crippen LogP contribution in [0, 0.1) is 0 Å². The Morgan fingerprint density at radius 1 is 0.558 bits per heavy atom. The van der Waals surface area contributed by atoms with E-state index in [2.05, 4.69) is 10.6 Å². The molecule has 2 amide bonds. The van der Waals surface area contributed by atoms with Crippen LogP contribution in [0.25, 0.3) is 12.2 Å². The summed E-state index contributed by atoms with van der Waals surface area (Å²) in [4.78, 5) is 25.4. The van der Waals surface area contributed by atoms with Crippen molar-refractivity contribution in [2.75, 3.05) is 10.6 Å². The number of carbonyl (C=O) groups excluding carboxylic acids is 2. The zero-order valence-corrected chi connectivity index (χ0v) is 23.9. The van der Waals surface area contributed by atoms with Crippen LogP contribution in [0.4, 0.5) is 28.9 Å². The highest BCUT2D eigenvalue weighted by Crippen LogP contribution is 2.27. The maximum atomic E-state index is 12.4. The fourth-order valence-corrected chi connectivity index (χ4v) is 4.58. The van der Waals surface area contributed by atoms with Gasteiger partial charge in [-0.3, -0.25) is 9.59 Å². The number of carbonyl (C=O) groups is 2. The van der Waals surface area contributed by atoms with Crippen molar-refractivity contribution in [3.05, 3.63) is 120 Å². The second-order valence-electron chi connectivity index (χ2n) is 8.69. The van der Waals surface area contributed by atoms with E-state index in [9.17, 15) is 27.2 Å². The van der Waals surface area contributed by atoms with E-state index in [-0.39, 0.29) is 11.8 Å². The molecule has 0 saturated heterocycles. The van der Waals surface area contributed by atoms with Crippen LogP contribution >= 0.6 is 23.5 Å². The molecule has 0 aliphatic carbocycles. The number of anilines is 2. The van der Waals surface area contributed by atoms with Crippen LogP contribution < -0.4 is 15.4 Å². The van der Waals surface area contributed by atoms with Gasteiger partial charge in [0.25, 0.3) is 11.5 Å². The Morgan fingerprint density at radius 2 is 0.907 bits per heavy atom. The summed E-state index contributed by atoms with van der Waals surface area (Å²) in [7, 11) is 0. The fraction of sp³-hybridized carbons (Fsp3) is 0.0625. The van der Waals surface area contributed by atoms with Gasteiger partial charge in [-0.15, -0.1) is 0 Å². The smallest absolute Gasteiger partial charge is 0.288 e. The lowest BCUT2D eigenvalue weighted by atomic mass is 10.2. The van der Waals surface area contributed by atoms with Gasteiger partial charge in [0.15, 0.2) is 0 Å². The van der Waals surface area contributed by atoms with Crippen LogP contribution in [0.3, 0.4) is 0 Å². The second kappa shape index (κ2) is 15.7. The number of nitrogens with one attached hydrogen (secondary N) is 2. The largest absolute Gasteiger partial charge is 0.457 e. The molecule has 4 rings (SSSR count). The third-order valence-corrected chi connectivity index (χ3v) is 6.99. The normalized spacial score (nSPS) is 11.4. The van der Waals surface area contributed by atoms with Crippen molar-refractivity contribution >= 4 is 58.9 Å². The minimum absolute atomic E-state index is 0.353. The molecule has 0 aliphatic heterocycles. The lowest BCUT2D eigenvalue weighted by Crippen LogP contribution is -2.07. The Labute approximate surface area is 254 Å². The van der Waals surface area contributed by atoms with Crippen molar-refractivity contribution in [2.24, 2.45) is 0 Å². The maximum absolute atomic E-state index is 12.4. The minimum atomic E-state index is -2.49. The van der Waals surface area contributed by atoms with Crippen molar-refractivity contribution < 1.29 is 31.9 Å². The highest BCUT2D eigenvalue weighted by molar-refractivity contribution is 7.99. The molecule has 0 aromatic heterocycles. The Kier molecular flexibility index (Phi) is 11.5. The maximum Gasteiger partial charge on any atom is 0.288 e. The second-order valence-corrected chi connectivity index (χ2v) is 10.8. The molecule has 0 radical (unpaired) electrons. The van der Waals surface area contributed by atoms with Gasteiger partial charge in [-0.05, 0) is 96.1 Å². The number of hydrogen-bond acceptors (Lipinski definition) is 5. The molecule has 43 heavy (non-hydrogen) atoms. The van der Waals surface area contributed by atoms with E-state index < -0.39 is 11.5 Å². The van der Waals surface area contributed by atoms with E-state index in [4.69, 9.17) is 4.74 Å². The third kappa shape index (κ3) is 11.0. The summed E-state index contributed by atoms with van der Waals surface area (Å²) < 4.78 is 55.5. The first-order valence-corrected chi connectivity index (χ1v) is 14.4. The number of benzene rings is 4. The van der Waals surface area contributed by atoms with Gasteiger partial charge in [-0.1, -0.05) is 47.8 Å². The quantitative estimate of drug-likeness (QED) is 0.0934. The molecule has 4 aromatic carbocycles. The molecule has 0 aliphatic rings. The Balaban J connectivity index is 1.23. The third-order valence-electron chi connectivity index (χ3n) is 5.54. The lowest BCUT2D eigenvalue weighted by molar-refractivity contribution is -0.112. The highest BCUT2D eigenvalue weighted by atomic mass is 32.2. The van der Waals surface area contributed by atoms with Gasteiger partial charge in [0, 0.05) is 33.3 Å². The predicted octanol–water partition coefficient (Wildman–Crippen LogP) is 9.41. The van der Waals surface area contributed by atoms with Gasteiger partial charge in [0.1, 0.15) is 11.5 Å². The fourth-order valence-electron chi connectivity index (χ4n) is 3.58. The summed E-state index contributed by atoms with van der Waals surface area (Å²) in [5.74, 6) is -4.61. The predicted molar refractivity (Wildman–Crippen MR) is 165 cm³/mol. The molecule has 220 valence electrons. The van der Waals surface area contributed by atoms with E-state index in [1.807, 2.05) is 0 Å². The zero-order valence-electron chi connectivity index (χ0n) is 22.3. The molecular formula is C32H24F4N2O3S2. The van der Waals surface area contributed by atoms with E-state index in [1.165, 1.54) is 12.2 Å². The average molecular weight is 625 g/mol. The molecule has 11 heteroatoms. The molecule has 0 atom stereocenters. The minimum Gasteiger partial charge on any atom is -0.457 e. The van der Waals surface area contributed by atoms with Gasteiger partial charge in [-0.25, -0.2) is 0 Å². The first-order chi connectivity index (χ1) is 20.7. The van der Waals surface area contributed by atoms with Crippen LogP contribution in [-0.4, -0.2) is 23.3 Å². The summed E-state index contributed by atoms with van der Waals surface area (Å²) in [5, 5.41) is 5.48. The van der Waals surface area contributed by atoms with E-state index in [0.29, 0.717) is 67.3 Å². The number of amides is 2. The van der Waals surface area contributed by atoms with Gasteiger partial charge in [0.2, 0.25) is 11.8 Å². The zero-order chi connectivity index (χ0) is 30.6. The average Bonchev–Trinajstić information content (AvgIpc) is 2.98. The molecule has 2 N–H and O–H groups in total. The molecule has 0 saturated carbocycles. The topological polar surface area (TPSA) is 67.4 Å². The monoisotopic (exact) mass is 624 g/mol. The van der Waals surface area contributed by atoms with Crippen molar-refractivity contribution in [2.45, 2.75) is 21.3 Å². The van der Waals surface area contributed by atoms with Crippen LogP contribution in [-0.2, 0) is 9.59 Å². The van der Waals surface area contributed by atoms with Gasteiger partial charge < -0.3 is 15.4 Å². The van der Waals surface area contributed by atoms with Gasteiger partial charge in [0.05, 0.1) is 0 Å². The SMILES string of the molecule is O=C(C=Cc1ccc(SC(F)F)cc1)Nc1ccc(Oc2ccc(NC(=O)C=Cc3ccc(SC(F)F)cc3)cc2)cc1. The number of ether oxygens (including phenoxy) is 1. The molecule has 4 aromatic rings. The molecule has 0 spiro atoms. The van der Waals surface area contributed by atoms with Crippen LogP contribution in [0.1, 0.15) is 11.1 Å². The summed E-state index contributed by atoms with van der Waals surface area (Å²) in [6.45, 7) is 0. The summed E-state index contributed by atoms with van der Waals surface area (Å²) in [6, 6.07) is 26.4. The molecule has 0 heterocycles. The Morgan fingerprint density at radius 3 is 1.23 bits per heavy atom. The number of halogens is 4. The van der Waals surface area contributed by atoms with Crippen molar-refractivity contribution in [1.82, 2.24) is 0 Å². The molecule has 5 nitrogen and oxygen atoms in total. The number of rotatable bonds is 12. The van der Waals surface area contributed by atoms with E-state index >= 15 is 0 Å². The molecule has 0 bridgehead atoms. The summed E-state index contributed by atoms with van der Waals surface area (Å²) >= 11 is 0.921. The number of hydrogen-bond donors (Lipinski definition) is 2. The van der Waals surface area contributed by atoms with Crippen molar-refractivity contribution in [1.29, 1.82) is 0 Å². The van der Waals surface area contributed by atoms with Crippen LogP contribution in [0.2, 0.25) is 0 Å². The van der Waals surface area contributed by atoms with Crippen LogP contribution in [0.5, 0.6) is 11.5 Å². The summed E-state index contributed by atoms with van der Waals surface area (Å²) in [6.07, 6.45) is 5.88. The number of thioether (sulfide) groups is 2. The first kappa shape index (κ1) is 31.5. The van der Waals surface area contributed by atoms with E-state index in [1.54, 1.807) is 109 Å². The highest BCUT2D eigenvalue weighted by Gasteiger charge is 2.06. The molecule has 0 unspecified atom stereocenters. The first-order valence-electron chi connectivity index (χ1n) is 12.7. The number of alkyl halides is 4. The van der Waals surface area contributed by atoms with Gasteiger partial charge in [-0.2, -0.15) is 17.6 Å². The van der Waals surface area contributed by atoms with Gasteiger partial charge >= 0.3 is 0 Å². The lowest BCUT2D eigenvalue weighted by Gasteiger charge is -2.08. The Bertz CT molecular complexity index is 1440.